The van der Waals surface area contributed by atoms with E-state index < -0.39 is 0 Å². The molecule has 0 atom stereocenters. The van der Waals surface area contributed by atoms with E-state index in [1.807, 2.05) is 12.1 Å². The summed E-state index contributed by atoms with van der Waals surface area (Å²) in [6.07, 6.45) is 1.61. The molecule has 0 aromatic heterocycles. The van der Waals surface area contributed by atoms with Crippen molar-refractivity contribution in [2.75, 3.05) is 6.54 Å². The third kappa shape index (κ3) is 3.47. The Kier molecular flexibility index (Phi) is 4.10. The summed E-state index contributed by atoms with van der Waals surface area (Å²) in [6, 6.07) is 5.51. The first-order chi connectivity index (χ1) is 6.59. The van der Waals surface area contributed by atoms with Gasteiger partial charge in [0.1, 0.15) is 5.84 Å². The maximum absolute atomic E-state index is 6.97. The van der Waals surface area contributed by atoms with Gasteiger partial charge in [-0.2, -0.15) is 0 Å². The molecule has 5 heteroatoms. The van der Waals surface area contributed by atoms with Crippen LogP contribution in [0.15, 0.2) is 27.7 Å². The third-order valence-corrected chi connectivity index (χ3v) is 2.28. The summed E-state index contributed by atoms with van der Waals surface area (Å²) in [6.45, 7) is 0.201. The second kappa shape index (κ2) is 5.12. The second-order valence-electron chi connectivity index (χ2n) is 2.66. The van der Waals surface area contributed by atoms with E-state index in [0.29, 0.717) is 5.02 Å². The Hall–Kier alpha value is -0.870. The van der Waals surface area contributed by atoms with Crippen molar-refractivity contribution in [3.63, 3.8) is 0 Å². The molecule has 14 heavy (non-hydrogen) atoms. The van der Waals surface area contributed by atoms with Crippen LogP contribution < -0.4 is 5.73 Å². The van der Waals surface area contributed by atoms with Crippen molar-refractivity contribution in [3.8, 4) is 0 Å². The van der Waals surface area contributed by atoms with E-state index >= 15 is 0 Å². The Morgan fingerprint density at radius 2 is 2.36 bits per heavy atom. The molecule has 0 heterocycles. The Bertz CT molecular complexity index is 376. The molecule has 0 saturated heterocycles. The van der Waals surface area contributed by atoms with Crippen LogP contribution in [0.25, 0.3) is 0 Å². The molecule has 0 unspecified atom stereocenters. The summed E-state index contributed by atoms with van der Waals surface area (Å²) < 4.78 is 0.922. The van der Waals surface area contributed by atoms with Gasteiger partial charge in [0, 0.05) is 16.3 Å². The first kappa shape index (κ1) is 11.2. The predicted molar refractivity (Wildman–Crippen MR) is 63.5 cm³/mol. The van der Waals surface area contributed by atoms with E-state index in [9.17, 15) is 0 Å². The van der Waals surface area contributed by atoms with E-state index in [1.54, 1.807) is 12.3 Å². The van der Waals surface area contributed by atoms with Gasteiger partial charge < -0.3 is 5.73 Å². The summed E-state index contributed by atoms with van der Waals surface area (Å²) >= 11 is 9.24. The summed E-state index contributed by atoms with van der Waals surface area (Å²) in [5.41, 5.74) is 5.96. The number of nitrogens with two attached hydrogens (primary N) is 1. The minimum absolute atomic E-state index is 0.0366. The Balaban J connectivity index is 2.76. The van der Waals surface area contributed by atoms with Crippen molar-refractivity contribution in [1.29, 1.82) is 5.41 Å². The van der Waals surface area contributed by atoms with Crippen molar-refractivity contribution in [1.82, 2.24) is 0 Å². The number of benzene rings is 1. The SMILES string of the molecule is N=C(N)CN=Cc1ccc(Br)cc1Cl. The van der Waals surface area contributed by atoms with Crippen molar-refractivity contribution < 1.29 is 0 Å². The third-order valence-electron chi connectivity index (χ3n) is 1.45. The van der Waals surface area contributed by atoms with Crippen LogP contribution in [0.3, 0.4) is 0 Å². The van der Waals surface area contributed by atoms with E-state index in [0.717, 1.165) is 10.0 Å². The van der Waals surface area contributed by atoms with E-state index in [4.69, 9.17) is 22.7 Å². The Morgan fingerprint density at radius 1 is 1.64 bits per heavy atom. The fourth-order valence-electron chi connectivity index (χ4n) is 0.849. The lowest BCUT2D eigenvalue weighted by atomic mass is 10.2. The molecule has 74 valence electrons. The molecule has 1 aromatic carbocycles. The van der Waals surface area contributed by atoms with Crippen LogP contribution in [-0.4, -0.2) is 18.6 Å². The molecule has 0 aliphatic heterocycles. The van der Waals surface area contributed by atoms with Crippen molar-refractivity contribution in [3.05, 3.63) is 33.3 Å². The fraction of sp³-hybridized carbons (Fsp3) is 0.111. The van der Waals surface area contributed by atoms with E-state index in [2.05, 4.69) is 20.9 Å². The van der Waals surface area contributed by atoms with Gasteiger partial charge in [0.2, 0.25) is 0 Å². The van der Waals surface area contributed by atoms with Gasteiger partial charge in [-0.15, -0.1) is 0 Å². The molecule has 0 bridgehead atoms. The predicted octanol–water partition coefficient (Wildman–Crippen LogP) is 2.46. The highest BCUT2D eigenvalue weighted by Crippen LogP contribution is 2.19. The smallest absolute Gasteiger partial charge is 0.113 e. The zero-order chi connectivity index (χ0) is 10.6. The maximum atomic E-state index is 6.97. The van der Waals surface area contributed by atoms with Gasteiger partial charge >= 0.3 is 0 Å². The van der Waals surface area contributed by atoms with Crippen LogP contribution >= 0.6 is 27.5 Å². The van der Waals surface area contributed by atoms with Crippen LogP contribution in [0, 0.1) is 5.41 Å². The van der Waals surface area contributed by atoms with Gasteiger partial charge in [-0.3, -0.25) is 10.4 Å². The fourth-order valence-corrected chi connectivity index (χ4v) is 1.57. The summed E-state index contributed by atoms with van der Waals surface area (Å²) in [5, 5.41) is 7.59. The first-order valence-electron chi connectivity index (χ1n) is 3.87. The molecule has 0 aliphatic rings. The topological polar surface area (TPSA) is 62.2 Å². The van der Waals surface area contributed by atoms with Crippen LogP contribution in [0.5, 0.6) is 0 Å². The van der Waals surface area contributed by atoms with Crippen LogP contribution in [0.2, 0.25) is 5.02 Å². The number of hydrogen-bond acceptors (Lipinski definition) is 2. The molecule has 3 N–H and O–H groups in total. The molecular formula is C9H9BrClN3. The van der Waals surface area contributed by atoms with Crippen LogP contribution in [-0.2, 0) is 0 Å². The van der Waals surface area contributed by atoms with Gasteiger partial charge in [-0.25, -0.2) is 0 Å². The van der Waals surface area contributed by atoms with Crippen molar-refractivity contribution in [2.45, 2.75) is 0 Å². The quantitative estimate of drug-likeness (QED) is 0.645. The molecule has 0 aliphatic carbocycles. The average Bonchev–Trinajstić information content (AvgIpc) is 2.08. The van der Waals surface area contributed by atoms with Crippen LogP contribution in [0.4, 0.5) is 0 Å². The largest absolute Gasteiger partial charge is 0.386 e. The number of aliphatic imine (C=N–C) groups is 1. The number of amidine groups is 1. The molecule has 1 aromatic rings. The Labute approximate surface area is 95.6 Å². The molecular weight excluding hydrogens is 265 g/mol. The lowest BCUT2D eigenvalue weighted by molar-refractivity contribution is 1.24. The Morgan fingerprint density at radius 3 is 2.93 bits per heavy atom. The van der Waals surface area contributed by atoms with E-state index in [1.165, 1.54) is 0 Å². The molecule has 0 saturated carbocycles. The number of nitrogens with one attached hydrogen (secondary N) is 1. The number of hydrogen-bond donors (Lipinski definition) is 2. The minimum atomic E-state index is 0.0366. The number of rotatable bonds is 3. The monoisotopic (exact) mass is 273 g/mol. The zero-order valence-corrected chi connectivity index (χ0v) is 9.64. The number of halogens is 2. The lowest BCUT2D eigenvalue weighted by Gasteiger charge is -1.97. The van der Waals surface area contributed by atoms with Gasteiger partial charge in [-0.1, -0.05) is 33.6 Å². The van der Waals surface area contributed by atoms with Gasteiger partial charge in [0.15, 0.2) is 0 Å². The second-order valence-corrected chi connectivity index (χ2v) is 3.98. The highest BCUT2D eigenvalue weighted by Gasteiger charge is 1.97. The van der Waals surface area contributed by atoms with Gasteiger partial charge in [0.25, 0.3) is 0 Å². The summed E-state index contributed by atoms with van der Waals surface area (Å²) in [4.78, 5) is 3.96. The zero-order valence-electron chi connectivity index (χ0n) is 7.30. The van der Waals surface area contributed by atoms with E-state index in [-0.39, 0.29) is 12.4 Å². The van der Waals surface area contributed by atoms with Gasteiger partial charge in [-0.05, 0) is 12.1 Å². The van der Waals surface area contributed by atoms with Crippen molar-refractivity contribution >= 4 is 39.6 Å². The maximum Gasteiger partial charge on any atom is 0.113 e. The molecule has 0 amide bonds. The summed E-state index contributed by atoms with van der Waals surface area (Å²) in [7, 11) is 0. The van der Waals surface area contributed by atoms with Gasteiger partial charge in [0.05, 0.1) is 11.6 Å². The van der Waals surface area contributed by atoms with Crippen molar-refractivity contribution in [2.24, 2.45) is 10.7 Å². The molecule has 0 spiro atoms. The molecule has 0 fully saturated rings. The molecule has 3 nitrogen and oxygen atoms in total. The average molecular weight is 275 g/mol. The first-order valence-corrected chi connectivity index (χ1v) is 5.04. The van der Waals surface area contributed by atoms with Crippen LogP contribution in [0.1, 0.15) is 5.56 Å². The molecule has 0 radical (unpaired) electrons. The number of nitrogens with zero attached hydrogens (tertiary/aromatic N) is 1. The highest BCUT2D eigenvalue weighted by molar-refractivity contribution is 9.10. The minimum Gasteiger partial charge on any atom is -0.386 e. The highest BCUT2D eigenvalue weighted by atomic mass is 79.9. The molecule has 1 rings (SSSR count). The normalized spacial score (nSPS) is 10.7. The summed E-state index contributed by atoms with van der Waals surface area (Å²) in [5.74, 6) is 0.0366. The standard InChI is InChI=1S/C9H9BrClN3/c10-7-2-1-6(8(11)3-7)4-14-5-9(12)13/h1-4H,5H2,(H3,12,13). The lowest BCUT2D eigenvalue weighted by Crippen LogP contribution is -2.13.